The van der Waals surface area contributed by atoms with Gasteiger partial charge in [0.15, 0.2) is 5.82 Å². The summed E-state index contributed by atoms with van der Waals surface area (Å²) >= 11 is 0. The van der Waals surface area contributed by atoms with E-state index >= 15 is 0 Å². The Hall–Kier alpha value is -1.92. The van der Waals surface area contributed by atoms with Crippen LogP contribution in [0, 0.1) is 5.92 Å². The molecular formula is C15H23N3O4. The van der Waals surface area contributed by atoms with Crippen molar-refractivity contribution in [1.29, 1.82) is 0 Å². The fourth-order valence-electron chi connectivity index (χ4n) is 2.64. The molecule has 0 aliphatic carbocycles. The van der Waals surface area contributed by atoms with Gasteiger partial charge in [0.1, 0.15) is 6.04 Å². The van der Waals surface area contributed by atoms with E-state index in [0.29, 0.717) is 37.0 Å². The van der Waals surface area contributed by atoms with Crippen molar-refractivity contribution in [3.63, 3.8) is 0 Å². The Bertz CT molecular complexity index is 541. The van der Waals surface area contributed by atoms with Crippen LogP contribution in [0.2, 0.25) is 0 Å². The molecule has 2 rings (SSSR count). The molecule has 1 amide bonds. The molecule has 0 bridgehead atoms. The topological polar surface area (TPSA) is 96.5 Å². The van der Waals surface area contributed by atoms with Gasteiger partial charge in [0.05, 0.1) is 0 Å². The molecule has 7 heteroatoms. The van der Waals surface area contributed by atoms with Crippen molar-refractivity contribution >= 4 is 11.9 Å². The molecule has 1 aliphatic rings. The smallest absolute Gasteiger partial charge is 0.326 e. The van der Waals surface area contributed by atoms with Crippen LogP contribution in [0.25, 0.3) is 0 Å². The van der Waals surface area contributed by atoms with Crippen LogP contribution in [-0.4, -0.2) is 44.6 Å². The van der Waals surface area contributed by atoms with E-state index in [4.69, 9.17) is 4.52 Å². The van der Waals surface area contributed by atoms with Gasteiger partial charge < -0.3 is 14.5 Å². The first-order valence-corrected chi connectivity index (χ1v) is 7.73. The highest BCUT2D eigenvalue weighted by atomic mass is 16.5. The molecule has 2 atom stereocenters. The zero-order valence-electron chi connectivity index (χ0n) is 13.3. The van der Waals surface area contributed by atoms with Crippen LogP contribution in [0.5, 0.6) is 0 Å². The molecule has 1 saturated heterocycles. The summed E-state index contributed by atoms with van der Waals surface area (Å²) in [6.45, 7) is 6.44. The second-order valence-electron chi connectivity index (χ2n) is 6.27. The third-order valence-corrected chi connectivity index (χ3v) is 4.02. The predicted molar refractivity (Wildman–Crippen MR) is 78.2 cm³/mol. The third-order valence-electron chi connectivity index (χ3n) is 4.02. The highest BCUT2D eigenvalue weighted by Crippen LogP contribution is 2.23. The molecule has 2 heterocycles. The number of amides is 1. The van der Waals surface area contributed by atoms with Crippen molar-refractivity contribution in [2.45, 2.75) is 58.4 Å². The van der Waals surface area contributed by atoms with E-state index in [0.717, 1.165) is 6.42 Å². The molecule has 1 aliphatic heterocycles. The fourth-order valence-corrected chi connectivity index (χ4v) is 2.64. The van der Waals surface area contributed by atoms with Gasteiger partial charge >= 0.3 is 5.97 Å². The van der Waals surface area contributed by atoms with Gasteiger partial charge in [-0.2, -0.15) is 4.98 Å². The number of aliphatic carboxylic acids is 1. The Balaban J connectivity index is 1.94. The number of carboxylic acids is 1. The fraction of sp³-hybridized carbons (Fsp3) is 0.733. The number of hydrogen-bond acceptors (Lipinski definition) is 5. The van der Waals surface area contributed by atoms with Crippen LogP contribution in [0.3, 0.4) is 0 Å². The van der Waals surface area contributed by atoms with Crippen molar-refractivity contribution in [1.82, 2.24) is 15.0 Å². The molecule has 7 nitrogen and oxygen atoms in total. The van der Waals surface area contributed by atoms with E-state index in [9.17, 15) is 14.7 Å². The quantitative estimate of drug-likeness (QED) is 0.891. The molecule has 2 unspecified atom stereocenters. The van der Waals surface area contributed by atoms with Crippen molar-refractivity contribution in [2.75, 3.05) is 6.54 Å². The zero-order chi connectivity index (χ0) is 16.3. The molecular weight excluding hydrogens is 286 g/mol. The second-order valence-corrected chi connectivity index (χ2v) is 6.27. The summed E-state index contributed by atoms with van der Waals surface area (Å²) in [7, 11) is 0. The first kappa shape index (κ1) is 16.5. The molecule has 0 saturated carbocycles. The van der Waals surface area contributed by atoms with Gasteiger partial charge in [-0.3, -0.25) is 4.79 Å². The molecule has 1 aromatic rings. The lowest BCUT2D eigenvalue weighted by molar-refractivity contribution is -0.153. The van der Waals surface area contributed by atoms with E-state index in [2.05, 4.69) is 10.1 Å². The minimum Gasteiger partial charge on any atom is -0.480 e. The molecule has 0 radical (unpaired) electrons. The van der Waals surface area contributed by atoms with Gasteiger partial charge in [0.25, 0.3) is 0 Å². The summed E-state index contributed by atoms with van der Waals surface area (Å²) in [4.78, 5) is 29.3. The van der Waals surface area contributed by atoms with Crippen LogP contribution < -0.4 is 0 Å². The maximum atomic E-state index is 12.3. The monoisotopic (exact) mass is 309 g/mol. The number of carbonyl (C=O) groups excluding carboxylic acids is 1. The van der Waals surface area contributed by atoms with Crippen LogP contribution in [0.15, 0.2) is 4.52 Å². The lowest BCUT2D eigenvalue weighted by Crippen LogP contribution is -2.49. The number of aryl methyl sites for hydroxylation is 1. The second kappa shape index (κ2) is 6.89. The van der Waals surface area contributed by atoms with Gasteiger partial charge in [-0.15, -0.1) is 0 Å². The van der Waals surface area contributed by atoms with E-state index in [1.165, 1.54) is 4.90 Å². The number of carboxylic acid groups (broad SMARTS) is 1. The van der Waals surface area contributed by atoms with Gasteiger partial charge in [-0.1, -0.05) is 25.9 Å². The molecule has 1 N–H and O–H groups in total. The number of hydrogen-bond donors (Lipinski definition) is 1. The Kier molecular flexibility index (Phi) is 5.15. The molecule has 1 fully saturated rings. The van der Waals surface area contributed by atoms with Crippen molar-refractivity contribution < 1.29 is 19.2 Å². The van der Waals surface area contributed by atoms with Gasteiger partial charge in [-0.25, -0.2) is 4.79 Å². The van der Waals surface area contributed by atoms with E-state index < -0.39 is 12.0 Å². The van der Waals surface area contributed by atoms with E-state index in [1.807, 2.05) is 20.8 Å². The lowest BCUT2D eigenvalue weighted by atomic mass is 9.92. The summed E-state index contributed by atoms with van der Waals surface area (Å²) in [5, 5.41) is 13.1. The Morgan fingerprint density at radius 2 is 2.18 bits per heavy atom. The van der Waals surface area contributed by atoms with Crippen molar-refractivity contribution in [2.24, 2.45) is 5.92 Å². The van der Waals surface area contributed by atoms with Crippen molar-refractivity contribution in [3.05, 3.63) is 11.7 Å². The number of nitrogens with zero attached hydrogens (tertiary/aromatic N) is 3. The molecule has 0 aromatic carbocycles. The summed E-state index contributed by atoms with van der Waals surface area (Å²) in [6.07, 6.45) is 1.89. The average molecular weight is 309 g/mol. The highest BCUT2D eigenvalue weighted by molar-refractivity contribution is 5.84. The molecule has 0 spiro atoms. The largest absolute Gasteiger partial charge is 0.480 e. The Morgan fingerprint density at radius 1 is 1.45 bits per heavy atom. The first-order chi connectivity index (χ1) is 10.4. The molecule has 1 aromatic heterocycles. The average Bonchev–Trinajstić information content (AvgIpc) is 2.93. The summed E-state index contributed by atoms with van der Waals surface area (Å²) in [6, 6.07) is -0.717. The van der Waals surface area contributed by atoms with Crippen molar-refractivity contribution in [3.8, 4) is 0 Å². The normalized spacial score (nSPS) is 22.1. The summed E-state index contributed by atoms with van der Waals surface area (Å²) in [5.74, 6) is 0.457. The number of rotatable bonds is 5. The van der Waals surface area contributed by atoms with E-state index in [-0.39, 0.29) is 18.2 Å². The standard InChI is InChI=1S/C15H23N3O4/c1-9(2)14-16-12(22-17-14)4-5-13(19)18-7-6-10(3)8-11(18)15(20)21/h9-11H,4-8H2,1-3H3,(H,20,21). The SMILES string of the molecule is CC1CCN(C(=O)CCc2nc(C(C)C)no2)C(C(=O)O)C1. The molecule has 22 heavy (non-hydrogen) atoms. The summed E-state index contributed by atoms with van der Waals surface area (Å²) in [5.41, 5.74) is 0. The minimum atomic E-state index is -0.931. The van der Waals surface area contributed by atoms with Gasteiger partial charge in [0, 0.05) is 25.3 Å². The Labute approximate surface area is 129 Å². The van der Waals surface area contributed by atoms with Crippen LogP contribution in [0.1, 0.15) is 57.7 Å². The number of carbonyl (C=O) groups is 2. The predicted octanol–water partition coefficient (Wildman–Crippen LogP) is 1.84. The zero-order valence-corrected chi connectivity index (χ0v) is 13.3. The number of likely N-dealkylation sites (tertiary alicyclic amines) is 1. The maximum Gasteiger partial charge on any atom is 0.326 e. The van der Waals surface area contributed by atoms with Crippen LogP contribution in [-0.2, 0) is 16.0 Å². The highest BCUT2D eigenvalue weighted by Gasteiger charge is 2.34. The van der Waals surface area contributed by atoms with Gasteiger partial charge in [0.2, 0.25) is 11.8 Å². The third kappa shape index (κ3) is 3.84. The Morgan fingerprint density at radius 3 is 2.77 bits per heavy atom. The first-order valence-electron chi connectivity index (χ1n) is 7.73. The summed E-state index contributed by atoms with van der Waals surface area (Å²) < 4.78 is 5.11. The number of piperidine rings is 1. The van der Waals surface area contributed by atoms with Crippen LogP contribution in [0.4, 0.5) is 0 Å². The minimum absolute atomic E-state index is 0.163. The van der Waals surface area contributed by atoms with Crippen LogP contribution >= 0.6 is 0 Å². The van der Waals surface area contributed by atoms with E-state index in [1.54, 1.807) is 0 Å². The number of aromatic nitrogens is 2. The maximum absolute atomic E-state index is 12.3. The lowest BCUT2D eigenvalue weighted by Gasteiger charge is -2.36. The molecule has 122 valence electrons. The van der Waals surface area contributed by atoms with Gasteiger partial charge in [-0.05, 0) is 18.8 Å².